The van der Waals surface area contributed by atoms with Gasteiger partial charge in [-0.1, -0.05) is 37.3 Å². The van der Waals surface area contributed by atoms with Crippen molar-refractivity contribution in [3.8, 4) is 11.1 Å². The van der Waals surface area contributed by atoms with Gasteiger partial charge in [-0.3, -0.25) is 4.98 Å². The van der Waals surface area contributed by atoms with Crippen LogP contribution in [0.25, 0.3) is 11.1 Å². The topological polar surface area (TPSA) is 83.3 Å². The fraction of sp³-hybridized carbons (Fsp3) is 0.286. The molecule has 7 heteroatoms. The number of hydrogen-bond acceptors (Lipinski definition) is 5. The molecule has 0 saturated carbocycles. The van der Waals surface area contributed by atoms with E-state index in [0.29, 0.717) is 11.6 Å². The minimum Gasteiger partial charge on any atom is -0.478 e. The van der Waals surface area contributed by atoms with E-state index in [0.717, 1.165) is 30.0 Å². The van der Waals surface area contributed by atoms with Crippen LogP contribution in [0.4, 0.5) is 11.5 Å². The van der Waals surface area contributed by atoms with Gasteiger partial charge in [-0.25, -0.2) is 9.48 Å². The van der Waals surface area contributed by atoms with Gasteiger partial charge in [0.1, 0.15) is 5.82 Å². The summed E-state index contributed by atoms with van der Waals surface area (Å²) in [6.07, 6.45) is 4.87. The van der Waals surface area contributed by atoms with E-state index in [1.165, 1.54) is 12.3 Å². The summed E-state index contributed by atoms with van der Waals surface area (Å²) in [7, 11) is 2.11. The van der Waals surface area contributed by atoms with Crippen LogP contribution in [-0.4, -0.2) is 50.9 Å². The molecule has 0 radical (unpaired) electrons. The molecule has 1 aliphatic rings. The third-order valence-corrected chi connectivity index (χ3v) is 5.25. The molecule has 3 aromatic rings. The fourth-order valence-electron chi connectivity index (χ4n) is 3.88. The average Bonchev–Trinajstić information content (AvgIpc) is 3.25. The zero-order valence-electron chi connectivity index (χ0n) is 15.9. The third-order valence-electron chi connectivity index (χ3n) is 5.25. The first-order chi connectivity index (χ1) is 13.5. The van der Waals surface area contributed by atoms with Crippen LogP contribution in [0.1, 0.15) is 23.3 Å². The number of nitrogens with zero attached hydrogens (tertiary/aromatic N) is 4. The SMILES string of the molecule is C[C@H]1CN(C)C[C@@H]1n1ncc(-c2ccccc2)c1Nc1cnccc1C(=O)O. The molecule has 0 aliphatic carbocycles. The van der Waals surface area contributed by atoms with Crippen LogP contribution in [0.3, 0.4) is 0 Å². The van der Waals surface area contributed by atoms with E-state index >= 15 is 0 Å². The van der Waals surface area contributed by atoms with Crippen molar-refractivity contribution in [3.63, 3.8) is 0 Å². The van der Waals surface area contributed by atoms with Crippen molar-refractivity contribution in [1.82, 2.24) is 19.7 Å². The normalized spacial score (nSPS) is 19.6. The summed E-state index contributed by atoms with van der Waals surface area (Å²) in [5.41, 5.74) is 2.59. The summed E-state index contributed by atoms with van der Waals surface area (Å²) in [5, 5.41) is 17.6. The second kappa shape index (κ2) is 7.44. The molecule has 1 aromatic carbocycles. The number of rotatable bonds is 5. The average molecular weight is 377 g/mol. The van der Waals surface area contributed by atoms with Gasteiger partial charge in [0.15, 0.2) is 0 Å². The molecule has 0 unspecified atom stereocenters. The number of pyridine rings is 1. The molecule has 3 heterocycles. The predicted molar refractivity (Wildman–Crippen MR) is 108 cm³/mol. The Morgan fingerprint density at radius 2 is 1.96 bits per heavy atom. The lowest BCUT2D eigenvalue weighted by molar-refractivity contribution is 0.0698. The lowest BCUT2D eigenvalue weighted by Gasteiger charge is -2.20. The Bertz CT molecular complexity index is 985. The zero-order chi connectivity index (χ0) is 19.7. The van der Waals surface area contributed by atoms with Crippen molar-refractivity contribution in [2.45, 2.75) is 13.0 Å². The number of carbonyl (C=O) groups is 1. The van der Waals surface area contributed by atoms with Crippen LogP contribution in [0.2, 0.25) is 0 Å². The molecule has 0 amide bonds. The molecule has 28 heavy (non-hydrogen) atoms. The summed E-state index contributed by atoms with van der Waals surface area (Å²) in [6.45, 7) is 4.11. The summed E-state index contributed by atoms with van der Waals surface area (Å²) in [5.74, 6) is 0.224. The third kappa shape index (κ3) is 3.36. The van der Waals surface area contributed by atoms with Crippen molar-refractivity contribution < 1.29 is 9.90 Å². The first-order valence-corrected chi connectivity index (χ1v) is 9.30. The predicted octanol–water partition coefficient (Wildman–Crippen LogP) is 3.51. The Labute approximate surface area is 163 Å². The lowest BCUT2D eigenvalue weighted by Crippen LogP contribution is -2.20. The number of aromatic carboxylic acids is 1. The number of aromatic nitrogens is 3. The first-order valence-electron chi connectivity index (χ1n) is 9.30. The molecule has 2 atom stereocenters. The van der Waals surface area contributed by atoms with Crippen molar-refractivity contribution in [2.75, 3.05) is 25.5 Å². The maximum absolute atomic E-state index is 11.6. The van der Waals surface area contributed by atoms with Crippen molar-refractivity contribution in [1.29, 1.82) is 0 Å². The highest BCUT2D eigenvalue weighted by atomic mass is 16.4. The minimum atomic E-state index is -0.994. The van der Waals surface area contributed by atoms with E-state index in [1.54, 1.807) is 6.20 Å². The number of likely N-dealkylation sites (tertiary alicyclic amines) is 1. The maximum atomic E-state index is 11.6. The second-order valence-electron chi connectivity index (χ2n) is 7.33. The van der Waals surface area contributed by atoms with Crippen LogP contribution in [0.5, 0.6) is 0 Å². The summed E-state index contributed by atoms with van der Waals surface area (Å²) >= 11 is 0. The number of nitrogens with one attached hydrogen (secondary N) is 1. The molecule has 2 N–H and O–H groups in total. The van der Waals surface area contributed by atoms with Gasteiger partial charge in [-0.05, 0) is 24.6 Å². The van der Waals surface area contributed by atoms with Gasteiger partial charge >= 0.3 is 5.97 Å². The highest BCUT2D eigenvalue weighted by Gasteiger charge is 2.32. The number of anilines is 2. The Morgan fingerprint density at radius 1 is 1.18 bits per heavy atom. The summed E-state index contributed by atoms with van der Waals surface area (Å²) in [6, 6.07) is 11.7. The molecular formula is C21H23N5O2. The largest absolute Gasteiger partial charge is 0.478 e. The molecule has 4 rings (SSSR count). The smallest absolute Gasteiger partial charge is 0.337 e. The minimum absolute atomic E-state index is 0.179. The first kappa shape index (κ1) is 18.2. The Kier molecular flexibility index (Phi) is 4.83. The van der Waals surface area contributed by atoms with Crippen LogP contribution in [0.15, 0.2) is 55.0 Å². The molecule has 0 spiro atoms. The highest BCUT2D eigenvalue weighted by Crippen LogP contribution is 2.36. The van der Waals surface area contributed by atoms with E-state index < -0.39 is 5.97 Å². The van der Waals surface area contributed by atoms with Crippen LogP contribution in [-0.2, 0) is 0 Å². The zero-order valence-corrected chi connectivity index (χ0v) is 15.9. The summed E-state index contributed by atoms with van der Waals surface area (Å²) in [4.78, 5) is 18.0. The standard InChI is InChI=1S/C21H23N5O2/c1-14-12-25(2)13-19(14)26-20(17(10-23-26)15-6-4-3-5-7-15)24-18-11-22-9-8-16(18)21(27)28/h3-11,14,19,24H,12-13H2,1-2H3,(H,27,28)/t14-,19-/m0/s1. The van der Waals surface area contributed by atoms with E-state index in [9.17, 15) is 9.90 Å². The number of benzene rings is 1. The van der Waals surface area contributed by atoms with Crippen molar-refractivity contribution in [3.05, 3.63) is 60.6 Å². The van der Waals surface area contributed by atoms with E-state index in [-0.39, 0.29) is 11.6 Å². The molecule has 2 aromatic heterocycles. The van der Waals surface area contributed by atoms with Gasteiger partial charge in [0.2, 0.25) is 0 Å². The Morgan fingerprint density at radius 3 is 2.64 bits per heavy atom. The van der Waals surface area contributed by atoms with Gasteiger partial charge in [0.25, 0.3) is 0 Å². The molecule has 0 bridgehead atoms. The number of carboxylic acid groups (broad SMARTS) is 1. The van der Waals surface area contributed by atoms with Crippen molar-refractivity contribution in [2.24, 2.45) is 5.92 Å². The summed E-state index contributed by atoms with van der Waals surface area (Å²) < 4.78 is 2.00. The lowest BCUT2D eigenvalue weighted by atomic mass is 10.1. The van der Waals surface area contributed by atoms with E-state index in [2.05, 4.69) is 34.3 Å². The monoisotopic (exact) mass is 377 g/mol. The van der Waals surface area contributed by atoms with E-state index in [4.69, 9.17) is 0 Å². The van der Waals surface area contributed by atoms with Crippen molar-refractivity contribution >= 4 is 17.5 Å². The van der Waals surface area contributed by atoms with Gasteiger partial charge in [0, 0.05) is 24.8 Å². The van der Waals surface area contributed by atoms with Gasteiger partial charge in [0.05, 0.1) is 29.7 Å². The molecule has 1 aliphatic heterocycles. The number of carboxylic acids is 1. The highest BCUT2D eigenvalue weighted by molar-refractivity contribution is 5.95. The molecule has 1 saturated heterocycles. The maximum Gasteiger partial charge on any atom is 0.337 e. The quantitative estimate of drug-likeness (QED) is 0.708. The number of likely N-dealkylation sites (N-methyl/N-ethyl adjacent to an activating group) is 1. The molecule has 144 valence electrons. The van der Waals surface area contributed by atoms with Gasteiger partial charge in [-0.2, -0.15) is 5.10 Å². The Balaban J connectivity index is 1.82. The fourth-order valence-corrected chi connectivity index (χ4v) is 3.88. The second-order valence-corrected chi connectivity index (χ2v) is 7.33. The molecule has 1 fully saturated rings. The van der Waals surface area contributed by atoms with Crippen LogP contribution in [0, 0.1) is 5.92 Å². The van der Waals surface area contributed by atoms with Gasteiger partial charge < -0.3 is 15.3 Å². The Hall–Kier alpha value is -3.19. The number of hydrogen-bond donors (Lipinski definition) is 2. The van der Waals surface area contributed by atoms with Crippen LogP contribution >= 0.6 is 0 Å². The molecular weight excluding hydrogens is 354 g/mol. The van der Waals surface area contributed by atoms with Crippen LogP contribution < -0.4 is 5.32 Å². The van der Waals surface area contributed by atoms with E-state index in [1.807, 2.05) is 41.2 Å². The molecule has 7 nitrogen and oxygen atoms in total. The van der Waals surface area contributed by atoms with Gasteiger partial charge in [-0.15, -0.1) is 0 Å².